The van der Waals surface area contributed by atoms with Crippen molar-refractivity contribution in [2.24, 2.45) is 0 Å². The maximum Gasteiger partial charge on any atom is 0.151 e. The molecule has 2 aliphatic heterocycles. The van der Waals surface area contributed by atoms with Crippen molar-refractivity contribution in [2.75, 3.05) is 32.1 Å². The minimum absolute atomic E-state index is 0.813. The lowest BCUT2D eigenvalue weighted by atomic mass is 10.3. The van der Waals surface area contributed by atoms with Crippen LogP contribution in [0.4, 0.5) is 0 Å². The molecule has 0 unspecified atom stereocenters. The minimum Gasteiger partial charge on any atom is -0.379 e. The predicted octanol–water partition coefficient (Wildman–Crippen LogP) is 1.75. The number of aromatic nitrogens is 3. The van der Waals surface area contributed by atoms with E-state index < -0.39 is 0 Å². The number of ether oxygens (including phenoxy) is 1. The number of fused-ring (bicyclic) bond motifs is 3. The van der Waals surface area contributed by atoms with Crippen LogP contribution in [0.15, 0.2) is 29.2 Å². The maximum absolute atomic E-state index is 5.42. The van der Waals surface area contributed by atoms with Gasteiger partial charge in [0.15, 0.2) is 5.82 Å². The normalized spacial score (nSPS) is 18.9. The third-order valence-electron chi connectivity index (χ3n) is 3.96. The van der Waals surface area contributed by atoms with Crippen molar-refractivity contribution in [3.05, 3.63) is 35.9 Å². The lowest BCUT2D eigenvalue weighted by Crippen LogP contribution is -2.36. The summed E-state index contributed by atoms with van der Waals surface area (Å²) in [4.78, 5) is 3.71. The maximum atomic E-state index is 5.42. The first kappa shape index (κ1) is 13.3. The Morgan fingerprint density at radius 2 is 2.00 bits per heavy atom. The topological polar surface area (TPSA) is 43.2 Å². The van der Waals surface area contributed by atoms with E-state index in [2.05, 4.69) is 43.9 Å². The molecule has 0 atom stereocenters. The number of aryl methyl sites for hydroxylation is 1. The largest absolute Gasteiger partial charge is 0.379 e. The number of benzene rings is 1. The molecule has 110 valence electrons. The van der Waals surface area contributed by atoms with Gasteiger partial charge in [-0.25, -0.2) is 0 Å². The number of hydrogen-bond donors (Lipinski definition) is 0. The highest BCUT2D eigenvalue weighted by atomic mass is 32.2. The first-order chi connectivity index (χ1) is 10.4. The van der Waals surface area contributed by atoms with Gasteiger partial charge in [-0.05, 0) is 12.1 Å². The van der Waals surface area contributed by atoms with Crippen molar-refractivity contribution >= 4 is 11.8 Å². The Morgan fingerprint density at radius 1 is 1.14 bits per heavy atom. The molecule has 0 radical (unpaired) electrons. The first-order valence-corrected chi connectivity index (χ1v) is 8.36. The predicted molar refractivity (Wildman–Crippen MR) is 81.9 cm³/mol. The van der Waals surface area contributed by atoms with Crippen LogP contribution in [0, 0.1) is 0 Å². The fourth-order valence-corrected chi connectivity index (χ4v) is 3.86. The quantitative estimate of drug-likeness (QED) is 0.845. The van der Waals surface area contributed by atoms with Crippen LogP contribution in [0.2, 0.25) is 0 Å². The van der Waals surface area contributed by atoms with Gasteiger partial charge < -0.3 is 4.74 Å². The van der Waals surface area contributed by atoms with Gasteiger partial charge in [0.25, 0.3) is 0 Å². The van der Waals surface area contributed by atoms with E-state index in [0.29, 0.717) is 0 Å². The SMILES string of the molecule is c1ccc2c(c1)SCCc1nnc(CN3CCOCC3)n1-2. The molecule has 0 spiro atoms. The van der Waals surface area contributed by atoms with E-state index >= 15 is 0 Å². The van der Waals surface area contributed by atoms with Crippen molar-refractivity contribution in [3.8, 4) is 5.69 Å². The molecule has 0 bridgehead atoms. The molecular weight excluding hydrogens is 284 g/mol. The number of morpholine rings is 1. The Morgan fingerprint density at radius 3 is 2.90 bits per heavy atom. The Balaban J connectivity index is 1.71. The zero-order valence-electron chi connectivity index (χ0n) is 11.9. The second-order valence-electron chi connectivity index (χ2n) is 5.32. The highest BCUT2D eigenvalue weighted by Crippen LogP contribution is 2.31. The third kappa shape index (κ3) is 2.59. The van der Waals surface area contributed by atoms with E-state index in [4.69, 9.17) is 4.74 Å². The number of rotatable bonds is 2. The zero-order valence-corrected chi connectivity index (χ0v) is 12.7. The van der Waals surface area contributed by atoms with Gasteiger partial charge in [0.1, 0.15) is 5.82 Å². The van der Waals surface area contributed by atoms with Gasteiger partial charge in [0, 0.05) is 30.2 Å². The molecule has 0 saturated carbocycles. The smallest absolute Gasteiger partial charge is 0.151 e. The molecule has 6 heteroatoms. The summed E-state index contributed by atoms with van der Waals surface area (Å²) in [5, 5.41) is 8.88. The molecule has 0 amide bonds. The summed E-state index contributed by atoms with van der Waals surface area (Å²) in [6.45, 7) is 4.41. The Kier molecular flexibility index (Phi) is 3.67. The van der Waals surface area contributed by atoms with E-state index in [1.54, 1.807) is 0 Å². The van der Waals surface area contributed by atoms with Crippen molar-refractivity contribution in [2.45, 2.75) is 17.9 Å². The molecule has 0 N–H and O–H groups in total. The Labute approximate surface area is 128 Å². The van der Waals surface area contributed by atoms with Gasteiger partial charge in [-0.2, -0.15) is 0 Å². The molecule has 1 saturated heterocycles. The van der Waals surface area contributed by atoms with Crippen molar-refractivity contribution in [1.29, 1.82) is 0 Å². The summed E-state index contributed by atoms with van der Waals surface area (Å²) in [5.74, 6) is 3.18. The van der Waals surface area contributed by atoms with E-state index in [1.165, 1.54) is 10.6 Å². The van der Waals surface area contributed by atoms with E-state index in [9.17, 15) is 0 Å². The summed E-state index contributed by atoms with van der Waals surface area (Å²) < 4.78 is 7.67. The van der Waals surface area contributed by atoms with E-state index in [-0.39, 0.29) is 0 Å². The number of nitrogens with zero attached hydrogens (tertiary/aromatic N) is 4. The molecule has 3 heterocycles. The summed E-state index contributed by atoms with van der Waals surface area (Å²) in [7, 11) is 0. The van der Waals surface area contributed by atoms with Crippen molar-refractivity contribution in [3.63, 3.8) is 0 Å². The van der Waals surface area contributed by atoms with Crippen LogP contribution >= 0.6 is 11.8 Å². The van der Waals surface area contributed by atoms with Gasteiger partial charge in [-0.3, -0.25) is 9.47 Å². The van der Waals surface area contributed by atoms with Crippen LogP contribution in [-0.2, 0) is 17.7 Å². The standard InChI is InChI=1S/C15H18N4OS/c1-2-4-13-12(3-1)19-14(5-10-21-13)16-17-15(19)11-18-6-8-20-9-7-18/h1-4H,5-11H2. The van der Waals surface area contributed by atoms with E-state index in [1.807, 2.05) is 11.8 Å². The molecule has 2 aliphatic rings. The average molecular weight is 302 g/mol. The van der Waals surface area contributed by atoms with Crippen molar-refractivity contribution in [1.82, 2.24) is 19.7 Å². The lowest BCUT2D eigenvalue weighted by Gasteiger charge is -2.26. The van der Waals surface area contributed by atoms with Gasteiger partial charge in [0.2, 0.25) is 0 Å². The highest BCUT2D eigenvalue weighted by Gasteiger charge is 2.21. The van der Waals surface area contributed by atoms with Crippen molar-refractivity contribution < 1.29 is 4.74 Å². The van der Waals surface area contributed by atoms with Gasteiger partial charge >= 0.3 is 0 Å². The summed E-state index contributed by atoms with van der Waals surface area (Å²) in [6.07, 6.45) is 0.968. The van der Waals surface area contributed by atoms with Crippen LogP contribution in [0.5, 0.6) is 0 Å². The van der Waals surface area contributed by atoms with E-state index in [0.717, 1.165) is 56.7 Å². The Bertz CT molecular complexity index is 636. The monoisotopic (exact) mass is 302 g/mol. The molecule has 1 aromatic heterocycles. The minimum atomic E-state index is 0.813. The van der Waals surface area contributed by atoms with Crippen LogP contribution < -0.4 is 0 Å². The molecule has 5 nitrogen and oxygen atoms in total. The lowest BCUT2D eigenvalue weighted by molar-refractivity contribution is 0.0328. The fourth-order valence-electron chi connectivity index (χ4n) is 2.87. The molecule has 2 aromatic rings. The highest BCUT2D eigenvalue weighted by molar-refractivity contribution is 7.99. The molecule has 1 aromatic carbocycles. The zero-order chi connectivity index (χ0) is 14.1. The van der Waals surface area contributed by atoms with Crippen LogP contribution in [0.3, 0.4) is 0 Å². The molecular formula is C15H18N4OS. The first-order valence-electron chi connectivity index (χ1n) is 7.37. The van der Waals surface area contributed by atoms with Crippen LogP contribution in [0.25, 0.3) is 5.69 Å². The van der Waals surface area contributed by atoms with Gasteiger partial charge in [-0.1, -0.05) is 12.1 Å². The molecule has 0 aliphatic carbocycles. The van der Waals surface area contributed by atoms with Crippen LogP contribution in [0.1, 0.15) is 11.6 Å². The average Bonchev–Trinajstić information content (AvgIpc) is 2.82. The third-order valence-corrected chi connectivity index (χ3v) is 5.02. The molecule has 21 heavy (non-hydrogen) atoms. The summed E-state index contributed by atoms with van der Waals surface area (Å²) in [5.41, 5.74) is 1.23. The van der Waals surface area contributed by atoms with Gasteiger partial charge in [0.05, 0.1) is 25.4 Å². The summed E-state index contributed by atoms with van der Waals surface area (Å²) in [6, 6.07) is 8.55. The fraction of sp³-hybridized carbons (Fsp3) is 0.467. The molecule has 1 fully saturated rings. The van der Waals surface area contributed by atoms with Gasteiger partial charge in [-0.15, -0.1) is 22.0 Å². The second-order valence-corrected chi connectivity index (χ2v) is 6.46. The van der Waals surface area contributed by atoms with Crippen LogP contribution in [-0.4, -0.2) is 51.7 Å². The summed E-state index contributed by atoms with van der Waals surface area (Å²) >= 11 is 1.90. The number of thioether (sulfide) groups is 1. The molecule has 4 rings (SSSR count). The Hall–Kier alpha value is -1.37. The number of para-hydroxylation sites is 1. The number of hydrogen-bond acceptors (Lipinski definition) is 5. The second kappa shape index (κ2) is 5.79.